The van der Waals surface area contributed by atoms with Gasteiger partial charge in [-0.15, -0.1) is 0 Å². The van der Waals surface area contributed by atoms with Gasteiger partial charge in [0.05, 0.1) is 6.61 Å². The molecule has 0 unspecified atom stereocenters. The molecule has 0 radical (unpaired) electrons. The van der Waals surface area contributed by atoms with Gasteiger partial charge in [-0.25, -0.2) is 4.99 Å². The summed E-state index contributed by atoms with van der Waals surface area (Å²) in [6.07, 6.45) is 2.76. The molecule has 1 saturated heterocycles. The molecule has 0 aromatic heterocycles. The fourth-order valence-corrected chi connectivity index (χ4v) is 4.50. The van der Waals surface area contributed by atoms with Crippen LogP contribution in [-0.4, -0.2) is 59.8 Å². The summed E-state index contributed by atoms with van der Waals surface area (Å²) in [5.74, 6) is 1.26. The lowest BCUT2D eigenvalue weighted by Gasteiger charge is -2.32. The van der Waals surface area contributed by atoms with E-state index >= 15 is 0 Å². The first-order chi connectivity index (χ1) is 15.5. The molecule has 4 rings (SSSR count). The van der Waals surface area contributed by atoms with Crippen LogP contribution in [0.1, 0.15) is 37.3 Å². The summed E-state index contributed by atoms with van der Waals surface area (Å²) in [7, 11) is 0. The summed E-state index contributed by atoms with van der Waals surface area (Å²) in [5, 5.41) is 8.90. The number of hydrogen-bond acceptors (Lipinski definition) is 5. The van der Waals surface area contributed by atoms with E-state index in [1.54, 1.807) is 0 Å². The molecule has 2 atom stereocenters. The maximum atomic E-state index is 13.7. The van der Waals surface area contributed by atoms with Crippen molar-refractivity contribution < 1.29 is 19.4 Å². The quantitative estimate of drug-likeness (QED) is 0.556. The fraction of sp³-hybridized carbons (Fsp3) is 0.440. The van der Waals surface area contributed by atoms with E-state index < -0.39 is 5.54 Å². The molecule has 2 heterocycles. The topological polar surface area (TPSA) is 71.4 Å². The van der Waals surface area contributed by atoms with Crippen LogP contribution in [0.4, 0.5) is 0 Å². The smallest absolute Gasteiger partial charge is 0.254 e. The third-order valence-corrected chi connectivity index (χ3v) is 6.61. The van der Waals surface area contributed by atoms with E-state index in [4.69, 9.17) is 19.6 Å². The Bertz CT molecular complexity index is 955. The molecule has 2 aliphatic rings. The molecular formula is C25H29BrN2O4. The standard InChI is InChI=1S/C25H29BrN2O4/c1-18-25(24(30)28-13-2-3-14-28,17-19-5-9-21(26)10-6-19)27-23(32-18)20-7-11-22(12-8-20)31-16-4-15-29/h5-12,18,29H,2-4,13-17H2,1H3/t18-,25-/m1/s1. The van der Waals surface area contributed by atoms with Gasteiger partial charge in [-0.1, -0.05) is 28.1 Å². The predicted octanol–water partition coefficient (Wildman–Crippen LogP) is 3.98. The Morgan fingerprint density at radius 3 is 2.53 bits per heavy atom. The average Bonchev–Trinajstić information content (AvgIpc) is 3.45. The van der Waals surface area contributed by atoms with Gasteiger partial charge in [0.15, 0.2) is 5.54 Å². The number of ether oxygens (including phenoxy) is 2. The van der Waals surface area contributed by atoms with E-state index in [0.29, 0.717) is 25.3 Å². The number of nitrogens with zero attached hydrogens (tertiary/aromatic N) is 2. The first kappa shape index (κ1) is 22.8. The normalized spacial score (nSPS) is 22.5. The minimum absolute atomic E-state index is 0.0457. The molecule has 0 saturated carbocycles. The van der Waals surface area contributed by atoms with Crippen molar-refractivity contribution in [2.24, 2.45) is 4.99 Å². The summed E-state index contributed by atoms with van der Waals surface area (Å²) in [6, 6.07) is 15.6. The maximum Gasteiger partial charge on any atom is 0.254 e. The van der Waals surface area contributed by atoms with Crippen molar-refractivity contribution in [2.45, 2.75) is 44.2 Å². The molecule has 7 heteroatoms. The SMILES string of the molecule is C[C@H]1OC(c2ccc(OCCCO)cc2)=N[C@@]1(Cc1ccc(Br)cc1)C(=O)N1CCCC1. The second-order valence-electron chi connectivity index (χ2n) is 8.35. The Hall–Kier alpha value is -2.38. The molecular weight excluding hydrogens is 472 g/mol. The summed E-state index contributed by atoms with van der Waals surface area (Å²) in [5.41, 5.74) is 0.885. The first-order valence-electron chi connectivity index (χ1n) is 11.2. The molecule has 1 N–H and O–H groups in total. The van der Waals surface area contributed by atoms with Crippen molar-refractivity contribution in [3.63, 3.8) is 0 Å². The zero-order chi connectivity index (χ0) is 22.6. The highest BCUT2D eigenvalue weighted by atomic mass is 79.9. The zero-order valence-corrected chi connectivity index (χ0v) is 19.9. The molecule has 0 bridgehead atoms. The minimum atomic E-state index is -0.982. The Morgan fingerprint density at radius 2 is 1.88 bits per heavy atom. The van der Waals surface area contributed by atoms with Crippen LogP contribution < -0.4 is 4.74 Å². The molecule has 0 aliphatic carbocycles. The van der Waals surface area contributed by atoms with Crippen molar-refractivity contribution in [3.05, 3.63) is 64.1 Å². The second kappa shape index (κ2) is 10.0. The predicted molar refractivity (Wildman–Crippen MR) is 127 cm³/mol. The van der Waals surface area contributed by atoms with Crippen LogP contribution >= 0.6 is 15.9 Å². The lowest BCUT2D eigenvalue weighted by Crippen LogP contribution is -2.53. The number of aliphatic hydroxyl groups is 1. The number of halogens is 1. The van der Waals surface area contributed by atoms with Gasteiger partial charge in [-0.2, -0.15) is 0 Å². The van der Waals surface area contributed by atoms with E-state index in [9.17, 15) is 4.79 Å². The van der Waals surface area contributed by atoms with E-state index in [1.165, 1.54) is 0 Å². The summed E-state index contributed by atoms with van der Waals surface area (Å²) in [4.78, 5) is 20.6. The number of likely N-dealkylation sites (tertiary alicyclic amines) is 1. The van der Waals surface area contributed by atoms with Crippen molar-refractivity contribution >= 4 is 27.7 Å². The van der Waals surface area contributed by atoms with Crippen molar-refractivity contribution in [1.82, 2.24) is 4.90 Å². The highest BCUT2D eigenvalue weighted by Gasteiger charge is 2.52. The van der Waals surface area contributed by atoms with E-state index in [0.717, 1.165) is 47.3 Å². The van der Waals surface area contributed by atoms with Gasteiger partial charge in [-0.05, 0) is 61.7 Å². The number of carbonyl (C=O) groups is 1. The zero-order valence-electron chi connectivity index (χ0n) is 18.3. The lowest BCUT2D eigenvalue weighted by molar-refractivity contribution is -0.138. The highest BCUT2D eigenvalue weighted by Crippen LogP contribution is 2.35. The molecule has 2 aliphatic heterocycles. The summed E-state index contributed by atoms with van der Waals surface area (Å²) >= 11 is 3.48. The van der Waals surface area contributed by atoms with Gasteiger partial charge >= 0.3 is 0 Å². The van der Waals surface area contributed by atoms with E-state index in [-0.39, 0.29) is 18.6 Å². The van der Waals surface area contributed by atoms with Gasteiger partial charge in [0.1, 0.15) is 11.9 Å². The van der Waals surface area contributed by atoms with Crippen molar-refractivity contribution in [2.75, 3.05) is 26.3 Å². The number of carbonyl (C=O) groups excluding carboxylic acids is 1. The van der Waals surface area contributed by atoms with Crippen molar-refractivity contribution in [3.8, 4) is 5.75 Å². The largest absolute Gasteiger partial charge is 0.494 e. The summed E-state index contributed by atoms with van der Waals surface area (Å²) < 4.78 is 12.8. The number of amides is 1. The molecule has 6 nitrogen and oxygen atoms in total. The van der Waals surface area contributed by atoms with Crippen LogP contribution in [0.25, 0.3) is 0 Å². The maximum absolute atomic E-state index is 13.7. The number of benzene rings is 2. The Labute approximate surface area is 197 Å². The molecule has 1 amide bonds. The summed E-state index contributed by atoms with van der Waals surface area (Å²) in [6.45, 7) is 4.06. The van der Waals surface area contributed by atoms with Gasteiger partial charge in [0, 0.05) is 42.6 Å². The highest BCUT2D eigenvalue weighted by molar-refractivity contribution is 9.10. The van der Waals surface area contributed by atoms with Crippen molar-refractivity contribution in [1.29, 1.82) is 0 Å². The number of aliphatic hydroxyl groups excluding tert-OH is 1. The van der Waals surface area contributed by atoms with E-state index in [2.05, 4.69) is 15.9 Å². The Kier molecular flexibility index (Phi) is 7.16. The number of rotatable bonds is 8. The Morgan fingerprint density at radius 1 is 1.19 bits per heavy atom. The second-order valence-corrected chi connectivity index (χ2v) is 9.27. The van der Waals surface area contributed by atoms with Crippen LogP contribution in [0.15, 0.2) is 58.0 Å². The fourth-order valence-electron chi connectivity index (χ4n) is 4.23. The molecule has 1 fully saturated rings. The van der Waals surface area contributed by atoms with Crippen LogP contribution in [0, 0.1) is 0 Å². The molecule has 2 aromatic rings. The number of hydrogen-bond donors (Lipinski definition) is 1. The first-order valence-corrected chi connectivity index (χ1v) is 12.0. The van der Waals surface area contributed by atoms with Crippen LogP contribution in [-0.2, 0) is 16.0 Å². The molecule has 2 aromatic carbocycles. The minimum Gasteiger partial charge on any atom is -0.494 e. The monoisotopic (exact) mass is 500 g/mol. The van der Waals surface area contributed by atoms with Gasteiger partial charge in [-0.3, -0.25) is 4.79 Å². The van der Waals surface area contributed by atoms with Gasteiger partial charge in [0.25, 0.3) is 5.91 Å². The Balaban J connectivity index is 1.63. The van der Waals surface area contributed by atoms with Crippen LogP contribution in [0.3, 0.4) is 0 Å². The van der Waals surface area contributed by atoms with Gasteiger partial charge < -0.3 is 19.5 Å². The third kappa shape index (κ3) is 4.84. The molecule has 170 valence electrons. The lowest BCUT2D eigenvalue weighted by atomic mass is 9.85. The van der Waals surface area contributed by atoms with E-state index in [1.807, 2.05) is 60.4 Å². The van der Waals surface area contributed by atoms with Gasteiger partial charge in [0.2, 0.25) is 5.90 Å². The average molecular weight is 501 g/mol. The van der Waals surface area contributed by atoms with Crippen LogP contribution in [0.5, 0.6) is 5.75 Å². The molecule has 0 spiro atoms. The number of aliphatic imine (C=N–C) groups is 1. The molecule has 32 heavy (non-hydrogen) atoms. The third-order valence-electron chi connectivity index (χ3n) is 6.08. The van der Waals surface area contributed by atoms with Crippen LogP contribution in [0.2, 0.25) is 0 Å².